The van der Waals surface area contributed by atoms with Crippen molar-refractivity contribution in [1.82, 2.24) is 4.72 Å². The summed E-state index contributed by atoms with van der Waals surface area (Å²) in [4.78, 5) is -0.843. The van der Waals surface area contributed by atoms with E-state index in [0.717, 1.165) is 25.0 Å². The molecule has 1 aromatic rings. The van der Waals surface area contributed by atoms with E-state index in [4.69, 9.17) is 17.3 Å². The van der Waals surface area contributed by atoms with Crippen molar-refractivity contribution in [3.8, 4) is 0 Å². The molecule has 0 bridgehead atoms. The van der Waals surface area contributed by atoms with Crippen LogP contribution in [0.5, 0.6) is 0 Å². The van der Waals surface area contributed by atoms with E-state index >= 15 is 0 Å². The van der Waals surface area contributed by atoms with E-state index in [1.165, 1.54) is 0 Å². The molecule has 1 aliphatic rings. The predicted octanol–water partition coefficient (Wildman–Crippen LogP) is 3.19. The lowest BCUT2D eigenvalue weighted by molar-refractivity contribution is -0.139. The van der Waals surface area contributed by atoms with Gasteiger partial charge >= 0.3 is 6.18 Å². The fraction of sp³-hybridized carbons (Fsp3) is 0.538. The summed E-state index contributed by atoms with van der Waals surface area (Å²) in [5.41, 5.74) is 3.36. The lowest BCUT2D eigenvalue weighted by atomic mass is 9.98. The molecule has 1 aliphatic carbocycles. The molecular weight excluding hydrogens is 376 g/mol. The lowest BCUT2D eigenvalue weighted by Gasteiger charge is -2.29. The Morgan fingerprint density at radius 3 is 2.35 bits per heavy atom. The predicted molar refractivity (Wildman–Crippen MR) is 84.2 cm³/mol. The molecular formula is C13H17Cl2F3N2O2S. The van der Waals surface area contributed by atoms with Gasteiger partial charge in [-0.2, -0.15) is 13.2 Å². The fourth-order valence-corrected chi connectivity index (χ4v) is 4.19. The van der Waals surface area contributed by atoms with E-state index < -0.39 is 32.2 Å². The second kappa shape index (κ2) is 6.76. The van der Waals surface area contributed by atoms with Crippen LogP contribution in [0.15, 0.2) is 23.1 Å². The number of hydrogen-bond acceptors (Lipinski definition) is 3. The monoisotopic (exact) mass is 392 g/mol. The maximum absolute atomic E-state index is 13.1. The smallest absolute Gasteiger partial charge is 0.329 e. The van der Waals surface area contributed by atoms with Gasteiger partial charge < -0.3 is 5.73 Å². The normalized spacial score (nSPS) is 18.2. The quantitative estimate of drug-likeness (QED) is 0.807. The molecule has 23 heavy (non-hydrogen) atoms. The van der Waals surface area contributed by atoms with Crippen molar-refractivity contribution >= 4 is 34.0 Å². The van der Waals surface area contributed by atoms with E-state index in [0.29, 0.717) is 6.07 Å². The van der Waals surface area contributed by atoms with Crippen LogP contribution in [0.4, 0.5) is 13.2 Å². The highest BCUT2D eigenvalue weighted by Gasteiger charge is 2.45. The molecule has 1 atom stereocenters. The van der Waals surface area contributed by atoms with Crippen LogP contribution in [0.2, 0.25) is 5.02 Å². The first-order chi connectivity index (χ1) is 9.99. The Morgan fingerprint density at radius 1 is 1.35 bits per heavy atom. The van der Waals surface area contributed by atoms with Crippen LogP contribution >= 0.6 is 24.0 Å². The Labute approximate surface area is 144 Å². The molecule has 0 saturated heterocycles. The first-order valence-electron chi connectivity index (χ1n) is 6.60. The Hall–Kier alpha value is -0.540. The average molecular weight is 393 g/mol. The summed E-state index contributed by atoms with van der Waals surface area (Å²) in [5.74, 6) is 0.0360. The molecule has 0 aliphatic heterocycles. The lowest BCUT2D eigenvalue weighted by Crippen LogP contribution is -2.53. The Bertz CT molecular complexity index is 678. The van der Waals surface area contributed by atoms with Crippen molar-refractivity contribution in [3.63, 3.8) is 0 Å². The molecule has 10 heteroatoms. The summed E-state index contributed by atoms with van der Waals surface area (Å²) in [7, 11) is -4.37. The molecule has 1 unspecified atom stereocenters. The van der Waals surface area contributed by atoms with Crippen LogP contribution in [0.25, 0.3) is 0 Å². The van der Waals surface area contributed by atoms with Gasteiger partial charge in [-0.3, -0.25) is 0 Å². The van der Waals surface area contributed by atoms with Crippen LogP contribution in [-0.4, -0.2) is 20.5 Å². The van der Waals surface area contributed by atoms with Crippen LogP contribution in [-0.2, 0) is 16.2 Å². The van der Waals surface area contributed by atoms with Crippen molar-refractivity contribution in [1.29, 1.82) is 0 Å². The van der Waals surface area contributed by atoms with Gasteiger partial charge in [-0.1, -0.05) is 11.6 Å². The molecule has 1 fully saturated rings. The minimum atomic E-state index is -4.83. The molecule has 4 nitrogen and oxygen atoms in total. The van der Waals surface area contributed by atoms with E-state index in [-0.39, 0.29) is 29.9 Å². The van der Waals surface area contributed by atoms with Gasteiger partial charge in [0.1, 0.15) is 0 Å². The molecule has 2 rings (SSSR count). The number of benzene rings is 1. The molecule has 1 aromatic carbocycles. The number of rotatable bonds is 5. The third-order valence-corrected chi connectivity index (χ3v) is 5.71. The van der Waals surface area contributed by atoms with Gasteiger partial charge in [-0.15, -0.1) is 12.4 Å². The molecule has 0 spiro atoms. The number of alkyl halides is 3. The maximum atomic E-state index is 13.1. The number of nitrogens with two attached hydrogens (primary N) is 1. The fourth-order valence-electron chi connectivity index (χ4n) is 2.33. The minimum Gasteiger partial charge on any atom is -0.329 e. The summed E-state index contributed by atoms with van der Waals surface area (Å²) in [6.45, 7) is 1.61. The van der Waals surface area contributed by atoms with Gasteiger partial charge in [-0.25, -0.2) is 13.1 Å². The molecule has 0 aromatic heterocycles. The largest absolute Gasteiger partial charge is 0.417 e. The number of nitrogens with one attached hydrogen (secondary N) is 1. The zero-order valence-electron chi connectivity index (χ0n) is 12.2. The highest BCUT2D eigenvalue weighted by atomic mass is 35.5. The van der Waals surface area contributed by atoms with Gasteiger partial charge in [0.2, 0.25) is 10.0 Å². The van der Waals surface area contributed by atoms with E-state index in [1.54, 1.807) is 6.92 Å². The van der Waals surface area contributed by atoms with Crippen LogP contribution in [0.1, 0.15) is 25.3 Å². The first kappa shape index (κ1) is 20.5. The van der Waals surface area contributed by atoms with E-state index in [1.807, 2.05) is 0 Å². The molecule has 1 saturated carbocycles. The third-order valence-electron chi connectivity index (χ3n) is 3.81. The van der Waals surface area contributed by atoms with Gasteiger partial charge in [-0.05, 0) is 43.9 Å². The van der Waals surface area contributed by atoms with Crippen molar-refractivity contribution in [2.45, 2.75) is 36.4 Å². The molecule has 0 radical (unpaired) electrons. The Balaban J connectivity index is 0.00000264. The summed E-state index contributed by atoms with van der Waals surface area (Å²) < 4.78 is 66.4. The van der Waals surface area contributed by atoms with Crippen molar-refractivity contribution in [2.75, 3.05) is 6.54 Å². The molecule has 132 valence electrons. The Morgan fingerprint density at radius 2 is 1.91 bits per heavy atom. The average Bonchev–Trinajstić information content (AvgIpc) is 3.21. The first-order valence-corrected chi connectivity index (χ1v) is 8.46. The number of hydrogen-bond donors (Lipinski definition) is 2. The van der Waals surface area contributed by atoms with Gasteiger partial charge in [0.25, 0.3) is 0 Å². The highest BCUT2D eigenvalue weighted by Crippen LogP contribution is 2.41. The second-order valence-electron chi connectivity index (χ2n) is 5.64. The zero-order valence-corrected chi connectivity index (χ0v) is 14.5. The molecule has 0 heterocycles. The molecule has 3 N–H and O–H groups in total. The van der Waals surface area contributed by atoms with E-state index in [9.17, 15) is 21.6 Å². The summed E-state index contributed by atoms with van der Waals surface area (Å²) in [5, 5.41) is -0.185. The summed E-state index contributed by atoms with van der Waals surface area (Å²) in [6, 6.07) is 2.58. The van der Waals surface area contributed by atoms with E-state index in [2.05, 4.69) is 4.72 Å². The molecule has 0 amide bonds. The van der Waals surface area contributed by atoms with Crippen LogP contribution in [0, 0.1) is 5.92 Å². The minimum absolute atomic E-state index is 0. The van der Waals surface area contributed by atoms with Gasteiger partial charge in [0.05, 0.1) is 10.5 Å². The zero-order chi connectivity index (χ0) is 16.8. The van der Waals surface area contributed by atoms with Crippen LogP contribution in [0.3, 0.4) is 0 Å². The number of halogens is 5. The third kappa shape index (κ3) is 4.51. The second-order valence-corrected chi connectivity index (χ2v) is 7.73. The standard InChI is InChI=1S/C13H16ClF3N2O2S.ClH/c1-12(7-18,8-2-3-8)19-22(20,21)11-5-4-9(14)6-10(11)13(15,16)17;/h4-6,8,19H,2-3,7,18H2,1H3;1H. The Kier molecular flexibility index (Phi) is 6.02. The van der Waals surface area contributed by atoms with Gasteiger partial charge in [0, 0.05) is 17.1 Å². The number of sulfonamides is 1. The topological polar surface area (TPSA) is 72.2 Å². The summed E-state index contributed by atoms with van der Waals surface area (Å²) in [6.07, 6.45) is -3.24. The highest BCUT2D eigenvalue weighted by molar-refractivity contribution is 7.89. The van der Waals surface area contributed by atoms with Crippen molar-refractivity contribution < 1.29 is 21.6 Å². The van der Waals surface area contributed by atoms with Crippen molar-refractivity contribution in [3.05, 3.63) is 28.8 Å². The van der Waals surface area contributed by atoms with Gasteiger partial charge in [0.15, 0.2) is 0 Å². The SMILES string of the molecule is CC(CN)(NS(=O)(=O)c1ccc(Cl)cc1C(F)(F)F)C1CC1.Cl. The van der Waals surface area contributed by atoms with Crippen LogP contribution < -0.4 is 10.5 Å². The van der Waals surface area contributed by atoms with Crippen molar-refractivity contribution in [2.24, 2.45) is 11.7 Å². The summed E-state index contributed by atoms with van der Waals surface area (Å²) >= 11 is 5.56. The maximum Gasteiger partial charge on any atom is 0.417 e.